The largest absolute Gasteiger partial charge is 0.332 e. The predicted octanol–water partition coefficient (Wildman–Crippen LogP) is 7.56. The molecule has 134 valence electrons. The Morgan fingerprint density at radius 3 is 1.68 bits per heavy atom. The number of halogens is 1. The Morgan fingerprint density at radius 1 is 0.682 bits per heavy atom. The van der Waals surface area contributed by atoms with Gasteiger partial charge in [0.2, 0.25) is 7.65 Å². The third kappa shape index (κ3) is 18.7. The van der Waals surface area contributed by atoms with Crippen molar-refractivity contribution in [1.29, 1.82) is 0 Å². The Morgan fingerprint density at radius 2 is 1.14 bits per heavy atom. The summed E-state index contributed by atoms with van der Waals surface area (Å²) in [5.41, 5.74) is 0. The van der Waals surface area contributed by atoms with Crippen LogP contribution in [0.4, 0.5) is 0 Å². The molecule has 0 aliphatic heterocycles. The van der Waals surface area contributed by atoms with Gasteiger partial charge < -0.3 is 4.52 Å². The zero-order valence-corrected chi connectivity index (χ0v) is 16.7. The minimum absolute atomic E-state index is 0.812. The average Bonchev–Trinajstić information content (AvgIpc) is 2.52. The fraction of sp³-hybridized carbons (Fsp3) is 1.00. The van der Waals surface area contributed by atoms with Gasteiger partial charge in [0.15, 0.2) is 0 Å². The highest BCUT2D eigenvalue weighted by molar-refractivity contribution is 7.78. The molecule has 0 aromatic heterocycles. The van der Waals surface area contributed by atoms with Gasteiger partial charge in [0.1, 0.15) is 0 Å². The Balaban J connectivity index is 3.11. The summed E-state index contributed by atoms with van der Waals surface area (Å²) in [5.74, 6) is 0. The molecule has 0 aromatic carbocycles. The first-order valence-electron chi connectivity index (χ1n) is 9.63. The van der Waals surface area contributed by atoms with Crippen molar-refractivity contribution in [3.8, 4) is 0 Å². The molecular formula is C18H39ClNOP. The van der Waals surface area contributed by atoms with Gasteiger partial charge in [-0.3, -0.25) is 5.09 Å². The van der Waals surface area contributed by atoms with E-state index in [4.69, 9.17) is 15.8 Å². The van der Waals surface area contributed by atoms with E-state index in [2.05, 4.69) is 18.9 Å². The van der Waals surface area contributed by atoms with Gasteiger partial charge in [-0.15, -0.1) is 0 Å². The van der Waals surface area contributed by atoms with Gasteiger partial charge in [0.05, 0.1) is 6.61 Å². The van der Waals surface area contributed by atoms with Crippen molar-refractivity contribution in [3.63, 3.8) is 0 Å². The number of hydrogen-bond donors (Lipinski definition) is 1. The predicted molar refractivity (Wildman–Crippen MR) is 103 cm³/mol. The third-order valence-corrected chi connectivity index (χ3v) is 5.50. The number of nitrogens with one attached hydrogen (secondary N) is 1. The second kappa shape index (κ2) is 19.7. The summed E-state index contributed by atoms with van der Waals surface area (Å²) in [6.07, 6.45) is 18.6. The van der Waals surface area contributed by atoms with Crippen molar-refractivity contribution in [2.75, 3.05) is 13.2 Å². The molecule has 0 bridgehead atoms. The summed E-state index contributed by atoms with van der Waals surface area (Å²) >= 11 is 6.17. The molecule has 0 spiro atoms. The molecule has 0 aromatic rings. The lowest BCUT2D eigenvalue weighted by Gasteiger charge is -2.11. The highest BCUT2D eigenvalue weighted by atomic mass is 35.7. The van der Waals surface area contributed by atoms with Gasteiger partial charge in [-0.05, 0) is 24.1 Å². The molecule has 0 aliphatic rings. The lowest BCUT2D eigenvalue weighted by atomic mass is 10.1. The van der Waals surface area contributed by atoms with Crippen molar-refractivity contribution >= 4 is 18.9 Å². The lowest BCUT2D eigenvalue weighted by Crippen LogP contribution is -2.08. The Bertz CT molecular complexity index is 188. The summed E-state index contributed by atoms with van der Waals surface area (Å²) in [6.45, 7) is 6.34. The maximum absolute atomic E-state index is 6.17. The summed E-state index contributed by atoms with van der Waals surface area (Å²) < 4.78 is 5.65. The summed E-state index contributed by atoms with van der Waals surface area (Å²) in [6, 6.07) is 0. The van der Waals surface area contributed by atoms with Crippen LogP contribution >= 0.6 is 18.9 Å². The zero-order chi connectivity index (χ0) is 16.3. The van der Waals surface area contributed by atoms with Crippen LogP contribution in [-0.2, 0) is 4.52 Å². The van der Waals surface area contributed by atoms with Gasteiger partial charge in [0, 0.05) is 6.54 Å². The minimum atomic E-state index is -0.919. The van der Waals surface area contributed by atoms with Crippen LogP contribution in [0.15, 0.2) is 0 Å². The van der Waals surface area contributed by atoms with Crippen LogP contribution in [0, 0.1) is 0 Å². The Kier molecular flexibility index (Phi) is 20.3. The van der Waals surface area contributed by atoms with E-state index in [1.54, 1.807) is 0 Å². The van der Waals surface area contributed by atoms with Gasteiger partial charge >= 0.3 is 0 Å². The maximum Gasteiger partial charge on any atom is 0.203 e. The zero-order valence-electron chi connectivity index (χ0n) is 15.0. The molecule has 0 aliphatic carbocycles. The van der Waals surface area contributed by atoms with Gasteiger partial charge in [-0.2, -0.15) is 0 Å². The molecule has 4 heteroatoms. The highest BCUT2D eigenvalue weighted by Gasteiger charge is 2.03. The van der Waals surface area contributed by atoms with E-state index < -0.39 is 7.65 Å². The fourth-order valence-corrected chi connectivity index (χ4v) is 3.67. The van der Waals surface area contributed by atoms with Crippen LogP contribution in [0.5, 0.6) is 0 Å². The van der Waals surface area contributed by atoms with Gasteiger partial charge in [-0.25, -0.2) is 0 Å². The molecule has 0 rings (SSSR count). The summed E-state index contributed by atoms with van der Waals surface area (Å²) in [7, 11) is -0.919. The minimum Gasteiger partial charge on any atom is -0.332 e. The third-order valence-electron chi connectivity index (χ3n) is 3.97. The standard InChI is InChI=1S/C18H39ClNOP/c1-3-5-7-9-11-13-15-17-20-22(19)21-18-16-14-12-10-8-6-4-2/h20H,3-18H2,1-2H3. The van der Waals surface area contributed by atoms with Crippen LogP contribution in [0.2, 0.25) is 0 Å². The molecule has 0 radical (unpaired) electrons. The molecule has 1 unspecified atom stereocenters. The molecule has 22 heavy (non-hydrogen) atoms. The van der Waals surface area contributed by atoms with Crippen LogP contribution in [-0.4, -0.2) is 13.2 Å². The van der Waals surface area contributed by atoms with Crippen molar-refractivity contribution in [1.82, 2.24) is 5.09 Å². The molecule has 0 amide bonds. The summed E-state index contributed by atoms with van der Waals surface area (Å²) in [5, 5.41) is 3.31. The van der Waals surface area contributed by atoms with Crippen LogP contribution in [0.25, 0.3) is 0 Å². The molecule has 2 nitrogen and oxygen atoms in total. The molecule has 1 N–H and O–H groups in total. The topological polar surface area (TPSA) is 21.3 Å². The Hall–Kier alpha value is 0.640. The smallest absolute Gasteiger partial charge is 0.203 e. The van der Waals surface area contributed by atoms with E-state index in [1.807, 2.05) is 0 Å². The van der Waals surface area contributed by atoms with E-state index in [9.17, 15) is 0 Å². The molecule has 0 heterocycles. The first-order chi connectivity index (χ1) is 10.8. The monoisotopic (exact) mass is 351 g/mol. The molecule has 1 atom stereocenters. The number of unbranched alkanes of at least 4 members (excludes halogenated alkanes) is 12. The van der Waals surface area contributed by atoms with Crippen LogP contribution in [0.3, 0.4) is 0 Å². The van der Waals surface area contributed by atoms with Gasteiger partial charge in [0.25, 0.3) is 0 Å². The number of rotatable bonds is 18. The first kappa shape index (κ1) is 22.6. The highest BCUT2D eigenvalue weighted by Crippen LogP contribution is 2.37. The van der Waals surface area contributed by atoms with Crippen LogP contribution < -0.4 is 5.09 Å². The van der Waals surface area contributed by atoms with Crippen molar-refractivity contribution in [3.05, 3.63) is 0 Å². The van der Waals surface area contributed by atoms with E-state index in [-0.39, 0.29) is 0 Å². The number of hydrogen-bond acceptors (Lipinski definition) is 2. The average molecular weight is 352 g/mol. The van der Waals surface area contributed by atoms with Crippen LogP contribution in [0.1, 0.15) is 104 Å². The first-order valence-corrected chi connectivity index (χ1v) is 11.8. The van der Waals surface area contributed by atoms with E-state index in [0.717, 1.165) is 19.6 Å². The molecule has 0 saturated heterocycles. The van der Waals surface area contributed by atoms with Crippen molar-refractivity contribution < 1.29 is 4.52 Å². The normalized spacial score (nSPS) is 12.7. The molecule has 0 fully saturated rings. The maximum atomic E-state index is 6.17. The second-order valence-electron chi connectivity index (χ2n) is 6.23. The van der Waals surface area contributed by atoms with E-state index in [0.29, 0.717) is 0 Å². The summed E-state index contributed by atoms with van der Waals surface area (Å²) in [4.78, 5) is 0. The molecular weight excluding hydrogens is 313 g/mol. The fourth-order valence-electron chi connectivity index (χ4n) is 2.50. The second-order valence-corrected chi connectivity index (χ2v) is 8.21. The van der Waals surface area contributed by atoms with E-state index in [1.165, 1.54) is 83.5 Å². The van der Waals surface area contributed by atoms with Crippen molar-refractivity contribution in [2.45, 2.75) is 104 Å². The lowest BCUT2D eigenvalue weighted by molar-refractivity contribution is 0.337. The van der Waals surface area contributed by atoms with E-state index >= 15 is 0 Å². The SMILES string of the molecule is CCCCCCCCCNP(Cl)OCCCCCCCCC. The quantitative estimate of drug-likeness (QED) is 0.203. The Labute approximate surface area is 145 Å². The van der Waals surface area contributed by atoms with Crippen molar-refractivity contribution in [2.24, 2.45) is 0 Å². The van der Waals surface area contributed by atoms with Gasteiger partial charge in [-0.1, -0.05) is 90.9 Å². The molecule has 0 saturated carbocycles.